The average molecular weight is 322 g/mol. The topological polar surface area (TPSA) is 32.7 Å². The van der Waals surface area contributed by atoms with Gasteiger partial charge in [-0.2, -0.15) is 0 Å². The lowest BCUT2D eigenvalue weighted by Gasteiger charge is -2.43. The molecule has 2 aromatic carbocycles. The molecule has 24 heavy (non-hydrogen) atoms. The summed E-state index contributed by atoms with van der Waals surface area (Å²) < 4.78 is 13.1. The Hall–Kier alpha value is -2.49. The molecule has 0 fully saturated rings. The number of anilines is 1. The number of carbonyl (C=O) groups is 1. The highest BCUT2D eigenvalue weighted by molar-refractivity contribution is 6.55. The molecule has 0 unspecified atom stereocenters. The third-order valence-electron chi connectivity index (χ3n) is 4.96. The normalized spacial score (nSPS) is 22.8. The summed E-state index contributed by atoms with van der Waals surface area (Å²) in [5, 5.41) is 0. The van der Waals surface area contributed by atoms with E-state index >= 15 is 0 Å². The van der Waals surface area contributed by atoms with Gasteiger partial charge in [-0.15, -0.1) is 0 Å². The fourth-order valence-electron chi connectivity index (χ4n) is 4.00. The molecule has 2 aliphatic heterocycles. The SMILES string of the molecule is C[C@@H]1CC(C)(C)N2C(=O)C(=Nc3ccc(F)cc3)c3cccc1c32. The number of hydrogen-bond donors (Lipinski definition) is 0. The number of halogens is 1. The van der Waals surface area contributed by atoms with E-state index in [0.29, 0.717) is 17.3 Å². The number of benzene rings is 2. The van der Waals surface area contributed by atoms with Crippen molar-refractivity contribution in [2.75, 3.05) is 4.90 Å². The first kappa shape index (κ1) is 15.1. The molecule has 122 valence electrons. The third-order valence-corrected chi connectivity index (χ3v) is 4.96. The van der Waals surface area contributed by atoms with Gasteiger partial charge in [-0.1, -0.05) is 25.1 Å². The summed E-state index contributed by atoms with van der Waals surface area (Å²) in [6, 6.07) is 11.9. The molecule has 1 atom stereocenters. The van der Waals surface area contributed by atoms with Gasteiger partial charge in [0, 0.05) is 11.1 Å². The maximum Gasteiger partial charge on any atom is 0.278 e. The Morgan fingerprint density at radius 1 is 1.17 bits per heavy atom. The molecule has 0 aromatic heterocycles. The van der Waals surface area contributed by atoms with Crippen LogP contribution < -0.4 is 4.90 Å². The second-order valence-corrected chi connectivity index (χ2v) is 7.24. The van der Waals surface area contributed by atoms with Gasteiger partial charge in [0.05, 0.1) is 11.4 Å². The minimum absolute atomic E-state index is 0.0707. The molecule has 0 saturated carbocycles. The Morgan fingerprint density at radius 2 is 1.88 bits per heavy atom. The zero-order chi connectivity index (χ0) is 17.1. The summed E-state index contributed by atoms with van der Waals surface area (Å²) in [6.07, 6.45) is 0.916. The van der Waals surface area contributed by atoms with Gasteiger partial charge in [-0.05, 0) is 56.0 Å². The molecule has 0 bridgehead atoms. The van der Waals surface area contributed by atoms with Crippen molar-refractivity contribution in [2.24, 2.45) is 4.99 Å². The molecule has 2 aliphatic rings. The Labute approximate surface area is 140 Å². The van der Waals surface area contributed by atoms with E-state index in [1.54, 1.807) is 12.1 Å². The number of nitrogens with zero attached hydrogens (tertiary/aromatic N) is 2. The summed E-state index contributed by atoms with van der Waals surface area (Å²) >= 11 is 0. The number of hydrogen-bond acceptors (Lipinski definition) is 2. The van der Waals surface area contributed by atoms with Crippen molar-refractivity contribution < 1.29 is 9.18 Å². The van der Waals surface area contributed by atoms with Gasteiger partial charge < -0.3 is 4.90 Å². The highest BCUT2D eigenvalue weighted by Crippen LogP contribution is 2.48. The lowest BCUT2D eigenvalue weighted by atomic mass is 9.80. The van der Waals surface area contributed by atoms with Crippen molar-refractivity contribution in [3.8, 4) is 0 Å². The summed E-state index contributed by atoms with van der Waals surface area (Å²) in [5.74, 6) is 0.0109. The van der Waals surface area contributed by atoms with Gasteiger partial charge in [-0.25, -0.2) is 9.38 Å². The first-order valence-corrected chi connectivity index (χ1v) is 8.20. The van der Waals surface area contributed by atoms with Crippen LogP contribution in [0.4, 0.5) is 15.8 Å². The molecular weight excluding hydrogens is 303 g/mol. The standard InChI is InChI=1S/C20H19FN2O/c1-12-11-20(2,3)23-18-15(12)5-4-6-16(18)17(19(23)24)22-14-9-7-13(21)8-10-14/h4-10,12H,11H2,1-3H3/t12-/m1/s1. The van der Waals surface area contributed by atoms with Gasteiger partial charge in [0.1, 0.15) is 11.5 Å². The summed E-state index contributed by atoms with van der Waals surface area (Å²) in [5.41, 5.74) is 3.85. The Morgan fingerprint density at radius 3 is 2.58 bits per heavy atom. The van der Waals surface area contributed by atoms with Crippen LogP contribution in [0.2, 0.25) is 0 Å². The molecule has 0 aliphatic carbocycles. The molecular formula is C20H19FN2O. The Balaban J connectivity index is 1.92. The Kier molecular flexibility index (Phi) is 3.14. The van der Waals surface area contributed by atoms with Crippen molar-refractivity contribution in [1.82, 2.24) is 0 Å². The van der Waals surface area contributed by atoms with E-state index < -0.39 is 0 Å². The minimum Gasteiger partial charge on any atom is -0.300 e. The van der Waals surface area contributed by atoms with Crippen molar-refractivity contribution in [1.29, 1.82) is 0 Å². The summed E-state index contributed by atoms with van der Waals surface area (Å²) in [6.45, 7) is 6.40. The average Bonchev–Trinajstić information content (AvgIpc) is 2.81. The van der Waals surface area contributed by atoms with Crippen LogP contribution >= 0.6 is 0 Å². The highest BCUT2D eigenvalue weighted by atomic mass is 19.1. The minimum atomic E-state index is -0.311. The monoisotopic (exact) mass is 322 g/mol. The smallest absolute Gasteiger partial charge is 0.278 e. The molecule has 2 aromatic rings. The van der Waals surface area contributed by atoms with Gasteiger partial charge in [-0.3, -0.25) is 4.79 Å². The quantitative estimate of drug-likeness (QED) is 0.756. The molecule has 1 amide bonds. The molecule has 2 heterocycles. The van der Waals surface area contributed by atoms with Gasteiger partial charge in [0.2, 0.25) is 0 Å². The summed E-state index contributed by atoms with van der Waals surface area (Å²) in [4.78, 5) is 19.5. The van der Waals surface area contributed by atoms with Crippen LogP contribution in [0.5, 0.6) is 0 Å². The van der Waals surface area contributed by atoms with Crippen molar-refractivity contribution in [2.45, 2.75) is 38.6 Å². The molecule has 0 saturated heterocycles. The predicted molar refractivity (Wildman–Crippen MR) is 93.6 cm³/mol. The van der Waals surface area contributed by atoms with Crippen molar-refractivity contribution in [3.05, 3.63) is 59.4 Å². The van der Waals surface area contributed by atoms with Crippen LogP contribution in [0.15, 0.2) is 47.5 Å². The fourth-order valence-corrected chi connectivity index (χ4v) is 4.00. The predicted octanol–water partition coefficient (Wildman–Crippen LogP) is 4.58. The molecule has 0 radical (unpaired) electrons. The van der Waals surface area contributed by atoms with E-state index in [1.165, 1.54) is 17.7 Å². The third kappa shape index (κ3) is 2.09. The zero-order valence-electron chi connectivity index (χ0n) is 14.0. The number of para-hydroxylation sites is 1. The van der Waals surface area contributed by atoms with Crippen LogP contribution in [0.1, 0.15) is 44.2 Å². The molecule has 0 N–H and O–H groups in total. The number of aliphatic imine (C=N–C) groups is 1. The van der Waals surface area contributed by atoms with E-state index in [9.17, 15) is 9.18 Å². The molecule has 4 rings (SSSR count). The lowest BCUT2D eigenvalue weighted by Crippen LogP contribution is -2.50. The maximum absolute atomic E-state index is 13.1. The highest BCUT2D eigenvalue weighted by Gasteiger charge is 2.47. The fraction of sp³-hybridized carbons (Fsp3) is 0.300. The number of amides is 1. The second-order valence-electron chi connectivity index (χ2n) is 7.24. The van der Waals surface area contributed by atoms with Gasteiger partial charge in [0.25, 0.3) is 5.91 Å². The number of rotatable bonds is 1. The van der Waals surface area contributed by atoms with Crippen LogP contribution in [0.25, 0.3) is 0 Å². The second kappa shape index (κ2) is 5.00. The van der Waals surface area contributed by atoms with Gasteiger partial charge >= 0.3 is 0 Å². The van der Waals surface area contributed by atoms with Crippen molar-refractivity contribution >= 4 is 23.0 Å². The summed E-state index contributed by atoms with van der Waals surface area (Å²) in [7, 11) is 0. The van der Waals surface area contributed by atoms with Crippen LogP contribution in [-0.2, 0) is 4.79 Å². The van der Waals surface area contributed by atoms with Gasteiger partial charge in [0.15, 0.2) is 0 Å². The van der Waals surface area contributed by atoms with E-state index in [2.05, 4.69) is 31.8 Å². The van der Waals surface area contributed by atoms with Crippen LogP contribution in [0.3, 0.4) is 0 Å². The lowest BCUT2D eigenvalue weighted by molar-refractivity contribution is -0.113. The maximum atomic E-state index is 13.1. The number of carbonyl (C=O) groups excluding carboxylic acids is 1. The zero-order valence-corrected chi connectivity index (χ0v) is 14.0. The first-order valence-electron chi connectivity index (χ1n) is 8.20. The van der Waals surface area contributed by atoms with E-state index in [1.807, 2.05) is 17.0 Å². The first-order chi connectivity index (χ1) is 11.4. The van der Waals surface area contributed by atoms with E-state index in [0.717, 1.165) is 17.7 Å². The van der Waals surface area contributed by atoms with Crippen molar-refractivity contribution in [3.63, 3.8) is 0 Å². The van der Waals surface area contributed by atoms with Crippen LogP contribution in [-0.4, -0.2) is 17.2 Å². The molecule has 0 spiro atoms. The Bertz CT molecular complexity index is 868. The largest absolute Gasteiger partial charge is 0.300 e. The van der Waals surface area contributed by atoms with Crippen LogP contribution in [0, 0.1) is 5.82 Å². The molecule has 4 heteroatoms. The van der Waals surface area contributed by atoms with E-state index in [-0.39, 0.29) is 17.3 Å². The molecule has 3 nitrogen and oxygen atoms in total. The van der Waals surface area contributed by atoms with E-state index in [4.69, 9.17) is 0 Å².